The summed E-state index contributed by atoms with van der Waals surface area (Å²) >= 11 is 0. The Hall–Kier alpha value is -1.30. The molecule has 6 nitrogen and oxygen atoms in total. The van der Waals surface area contributed by atoms with Crippen molar-refractivity contribution in [1.82, 2.24) is 10.6 Å². The van der Waals surface area contributed by atoms with Crippen LogP contribution in [-0.2, 0) is 4.79 Å². The summed E-state index contributed by atoms with van der Waals surface area (Å²) < 4.78 is 0. The van der Waals surface area contributed by atoms with Crippen molar-refractivity contribution in [1.29, 1.82) is 0 Å². The summed E-state index contributed by atoms with van der Waals surface area (Å²) in [5.74, 6) is -0.0386. The molecule has 0 saturated heterocycles. The first-order chi connectivity index (χ1) is 8.54. The highest BCUT2D eigenvalue weighted by molar-refractivity contribution is 5.82. The van der Waals surface area contributed by atoms with Gasteiger partial charge in [0.25, 0.3) is 0 Å². The van der Waals surface area contributed by atoms with Crippen LogP contribution in [0, 0.1) is 11.8 Å². The molecule has 1 saturated carbocycles. The minimum atomic E-state index is -1.13. The lowest BCUT2D eigenvalue weighted by molar-refractivity contribution is -0.139. The number of amides is 2. The smallest absolute Gasteiger partial charge is 0.326 e. The summed E-state index contributed by atoms with van der Waals surface area (Å²) in [6, 6.07) is -1.51. The number of rotatable bonds is 6. The fourth-order valence-corrected chi connectivity index (χ4v) is 2.35. The SMILES string of the molecule is CC1CCCC1CNC(=O)N[C@H](CCO)C(=O)O. The Balaban J connectivity index is 2.29. The van der Waals surface area contributed by atoms with Crippen molar-refractivity contribution in [2.24, 2.45) is 11.8 Å². The van der Waals surface area contributed by atoms with Gasteiger partial charge in [-0.2, -0.15) is 0 Å². The number of nitrogens with one attached hydrogen (secondary N) is 2. The summed E-state index contributed by atoms with van der Waals surface area (Å²) in [6.45, 7) is 2.48. The number of carboxylic acids is 1. The summed E-state index contributed by atoms with van der Waals surface area (Å²) in [5, 5.41) is 22.6. The van der Waals surface area contributed by atoms with Crippen molar-refractivity contribution >= 4 is 12.0 Å². The van der Waals surface area contributed by atoms with E-state index in [2.05, 4.69) is 17.6 Å². The quantitative estimate of drug-likeness (QED) is 0.559. The van der Waals surface area contributed by atoms with E-state index in [1.54, 1.807) is 0 Å². The van der Waals surface area contributed by atoms with Crippen LogP contribution < -0.4 is 10.6 Å². The molecule has 2 amide bonds. The fourth-order valence-electron chi connectivity index (χ4n) is 2.35. The van der Waals surface area contributed by atoms with Crippen LogP contribution in [0.5, 0.6) is 0 Å². The van der Waals surface area contributed by atoms with Gasteiger partial charge in [-0.15, -0.1) is 0 Å². The predicted octanol–water partition coefficient (Wildman–Crippen LogP) is 0.557. The average Bonchev–Trinajstić information content (AvgIpc) is 2.71. The minimum absolute atomic E-state index is 0.0165. The van der Waals surface area contributed by atoms with E-state index in [0.717, 1.165) is 6.42 Å². The van der Waals surface area contributed by atoms with Gasteiger partial charge in [0.1, 0.15) is 6.04 Å². The second kappa shape index (κ2) is 7.20. The maximum absolute atomic E-state index is 11.5. The first kappa shape index (κ1) is 14.8. The first-order valence-electron chi connectivity index (χ1n) is 6.42. The van der Waals surface area contributed by atoms with Crippen molar-refractivity contribution in [3.63, 3.8) is 0 Å². The molecule has 18 heavy (non-hydrogen) atoms. The zero-order valence-electron chi connectivity index (χ0n) is 10.7. The van der Waals surface area contributed by atoms with Gasteiger partial charge in [-0.3, -0.25) is 0 Å². The Morgan fingerprint density at radius 3 is 2.61 bits per heavy atom. The van der Waals surface area contributed by atoms with E-state index in [9.17, 15) is 9.59 Å². The molecule has 0 aromatic heterocycles. The Bertz CT molecular complexity index is 296. The lowest BCUT2D eigenvalue weighted by atomic mass is 9.98. The molecule has 0 spiro atoms. The summed E-state index contributed by atoms with van der Waals surface area (Å²) in [6.07, 6.45) is 3.51. The number of carbonyl (C=O) groups is 2. The van der Waals surface area contributed by atoms with Crippen LogP contribution in [0.1, 0.15) is 32.6 Å². The standard InChI is InChI=1S/C12H22N2O4/c1-8-3-2-4-9(8)7-13-12(18)14-10(5-6-15)11(16)17/h8-10,15H,2-7H2,1H3,(H,16,17)(H2,13,14,18)/t8?,9?,10-/m1/s1. The van der Waals surface area contributed by atoms with Gasteiger partial charge in [-0.05, 0) is 18.3 Å². The van der Waals surface area contributed by atoms with E-state index < -0.39 is 18.0 Å². The summed E-state index contributed by atoms with van der Waals surface area (Å²) in [4.78, 5) is 22.3. The summed E-state index contributed by atoms with van der Waals surface area (Å²) in [7, 11) is 0. The first-order valence-corrected chi connectivity index (χ1v) is 6.42. The van der Waals surface area contributed by atoms with E-state index >= 15 is 0 Å². The molecule has 104 valence electrons. The molecule has 1 aliphatic rings. The van der Waals surface area contributed by atoms with Crippen LogP contribution in [-0.4, -0.2) is 41.4 Å². The summed E-state index contributed by atoms with van der Waals surface area (Å²) in [5.41, 5.74) is 0. The molecule has 4 N–H and O–H groups in total. The molecule has 0 aliphatic heterocycles. The minimum Gasteiger partial charge on any atom is -0.480 e. The fraction of sp³-hybridized carbons (Fsp3) is 0.833. The van der Waals surface area contributed by atoms with E-state index in [-0.39, 0.29) is 13.0 Å². The Morgan fingerprint density at radius 1 is 1.39 bits per heavy atom. The van der Waals surface area contributed by atoms with Gasteiger partial charge in [0.05, 0.1) is 0 Å². The van der Waals surface area contributed by atoms with Gasteiger partial charge in [0.2, 0.25) is 0 Å². The number of aliphatic hydroxyl groups is 1. The number of hydrogen-bond acceptors (Lipinski definition) is 3. The highest BCUT2D eigenvalue weighted by atomic mass is 16.4. The molecule has 0 aromatic carbocycles. The van der Waals surface area contributed by atoms with E-state index in [4.69, 9.17) is 10.2 Å². The van der Waals surface area contributed by atoms with Crippen LogP contribution in [0.25, 0.3) is 0 Å². The number of aliphatic carboxylic acids is 1. The maximum atomic E-state index is 11.5. The Kier molecular flexibility index (Phi) is 5.91. The van der Waals surface area contributed by atoms with Gasteiger partial charge in [0.15, 0.2) is 0 Å². The van der Waals surface area contributed by atoms with E-state index in [1.807, 2.05) is 0 Å². The molecular formula is C12H22N2O4. The number of hydrogen-bond donors (Lipinski definition) is 4. The Labute approximate surface area is 107 Å². The van der Waals surface area contributed by atoms with Crippen molar-refractivity contribution in [3.8, 4) is 0 Å². The lowest BCUT2D eigenvalue weighted by Crippen LogP contribution is -2.47. The average molecular weight is 258 g/mol. The molecule has 0 heterocycles. The molecule has 6 heteroatoms. The van der Waals surface area contributed by atoms with Crippen LogP contribution >= 0.6 is 0 Å². The molecule has 1 aliphatic carbocycles. The van der Waals surface area contributed by atoms with E-state index in [0.29, 0.717) is 18.4 Å². The topological polar surface area (TPSA) is 98.7 Å². The van der Waals surface area contributed by atoms with Gasteiger partial charge in [-0.1, -0.05) is 19.8 Å². The zero-order chi connectivity index (χ0) is 13.5. The van der Waals surface area contributed by atoms with Crippen LogP contribution in [0.4, 0.5) is 4.79 Å². The molecule has 1 rings (SSSR count). The molecule has 3 atom stereocenters. The van der Waals surface area contributed by atoms with Gasteiger partial charge in [-0.25, -0.2) is 9.59 Å². The maximum Gasteiger partial charge on any atom is 0.326 e. The monoisotopic (exact) mass is 258 g/mol. The second-order valence-corrected chi connectivity index (χ2v) is 4.93. The zero-order valence-corrected chi connectivity index (χ0v) is 10.7. The largest absolute Gasteiger partial charge is 0.480 e. The van der Waals surface area contributed by atoms with Crippen molar-refractivity contribution in [3.05, 3.63) is 0 Å². The van der Waals surface area contributed by atoms with E-state index in [1.165, 1.54) is 12.8 Å². The van der Waals surface area contributed by atoms with Gasteiger partial charge in [0, 0.05) is 19.6 Å². The van der Waals surface area contributed by atoms with Crippen LogP contribution in [0.15, 0.2) is 0 Å². The lowest BCUT2D eigenvalue weighted by Gasteiger charge is -2.18. The number of carboxylic acid groups (broad SMARTS) is 1. The third-order valence-corrected chi connectivity index (χ3v) is 3.59. The molecule has 2 unspecified atom stereocenters. The van der Waals surface area contributed by atoms with Crippen LogP contribution in [0.3, 0.4) is 0 Å². The number of aliphatic hydroxyl groups excluding tert-OH is 1. The third-order valence-electron chi connectivity index (χ3n) is 3.59. The number of carbonyl (C=O) groups excluding carboxylic acids is 1. The molecule has 1 fully saturated rings. The molecule has 0 radical (unpaired) electrons. The highest BCUT2D eigenvalue weighted by Gasteiger charge is 2.24. The van der Waals surface area contributed by atoms with Crippen molar-refractivity contribution in [2.45, 2.75) is 38.6 Å². The van der Waals surface area contributed by atoms with Crippen molar-refractivity contribution < 1.29 is 19.8 Å². The normalized spacial score (nSPS) is 24.6. The molecule has 0 aromatic rings. The van der Waals surface area contributed by atoms with Gasteiger partial charge >= 0.3 is 12.0 Å². The van der Waals surface area contributed by atoms with Crippen molar-refractivity contribution in [2.75, 3.05) is 13.2 Å². The molecular weight excluding hydrogens is 236 g/mol. The van der Waals surface area contributed by atoms with Crippen LogP contribution in [0.2, 0.25) is 0 Å². The highest BCUT2D eigenvalue weighted by Crippen LogP contribution is 2.30. The number of urea groups is 1. The second-order valence-electron chi connectivity index (χ2n) is 4.93. The predicted molar refractivity (Wildman–Crippen MR) is 66.2 cm³/mol. The molecule has 0 bridgehead atoms. The Morgan fingerprint density at radius 2 is 2.11 bits per heavy atom. The van der Waals surface area contributed by atoms with Gasteiger partial charge < -0.3 is 20.8 Å². The third kappa shape index (κ3) is 4.52.